The van der Waals surface area contributed by atoms with E-state index >= 15 is 0 Å². The Morgan fingerprint density at radius 3 is 2.25 bits per heavy atom. The van der Waals surface area contributed by atoms with E-state index in [0.29, 0.717) is 38.9 Å². The van der Waals surface area contributed by atoms with Gasteiger partial charge in [-0.2, -0.15) is 0 Å². The summed E-state index contributed by atoms with van der Waals surface area (Å²) in [6.45, 7) is 4.93. The van der Waals surface area contributed by atoms with Crippen LogP contribution in [0.1, 0.15) is 45.1 Å². The Bertz CT molecular complexity index is 560. The van der Waals surface area contributed by atoms with Crippen molar-refractivity contribution < 1.29 is 19.4 Å². The van der Waals surface area contributed by atoms with Crippen LogP contribution in [0.2, 0.25) is 0 Å². The third-order valence-corrected chi connectivity index (χ3v) is 5.50. The number of ether oxygens (including phenoxy) is 1. The summed E-state index contributed by atoms with van der Waals surface area (Å²) in [4.78, 5) is 24.7. The van der Waals surface area contributed by atoms with E-state index in [1.54, 1.807) is 0 Å². The van der Waals surface area contributed by atoms with Crippen molar-refractivity contribution in [2.24, 2.45) is 5.41 Å². The molecule has 132 valence electrons. The molecule has 1 fully saturated rings. The second-order valence-corrected chi connectivity index (χ2v) is 6.54. The van der Waals surface area contributed by atoms with Crippen molar-refractivity contribution >= 4 is 11.9 Å². The van der Waals surface area contributed by atoms with E-state index in [-0.39, 0.29) is 12.5 Å². The summed E-state index contributed by atoms with van der Waals surface area (Å²) in [5.41, 5.74) is -0.566. The van der Waals surface area contributed by atoms with Crippen molar-refractivity contribution in [1.29, 1.82) is 0 Å². The van der Waals surface area contributed by atoms with Crippen LogP contribution in [0, 0.1) is 5.41 Å². The molecule has 1 heterocycles. The molecule has 2 N–H and O–H groups in total. The smallest absolute Gasteiger partial charge is 0.311 e. The van der Waals surface area contributed by atoms with E-state index in [1.165, 1.54) is 0 Å². The number of rotatable bonds is 7. The first-order chi connectivity index (χ1) is 11.5. The molecule has 1 aromatic carbocycles. The number of hydrogen-bond donors (Lipinski definition) is 2. The molecule has 5 nitrogen and oxygen atoms in total. The minimum atomic E-state index is -0.904. The zero-order valence-electron chi connectivity index (χ0n) is 14.5. The average Bonchev–Trinajstić information content (AvgIpc) is 2.63. The molecule has 1 saturated heterocycles. The van der Waals surface area contributed by atoms with Crippen molar-refractivity contribution in [3.05, 3.63) is 35.9 Å². The predicted molar refractivity (Wildman–Crippen MR) is 91.8 cm³/mol. The summed E-state index contributed by atoms with van der Waals surface area (Å²) < 4.78 is 5.45. The number of carbonyl (C=O) groups is 2. The zero-order chi connectivity index (χ0) is 17.6. The van der Waals surface area contributed by atoms with E-state index < -0.39 is 16.8 Å². The van der Waals surface area contributed by atoms with Gasteiger partial charge in [0.25, 0.3) is 0 Å². The van der Waals surface area contributed by atoms with Gasteiger partial charge in [0.2, 0.25) is 5.91 Å². The fourth-order valence-electron chi connectivity index (χ4n) is 3.42. The molecule has 0 bridgehead atoms. The summed E-state index contributed by atoms with van der Waals surface area (Å²) in [5, 5.41) is 12.5. The fraction of sp³-hybridized carbons (Fsp3) is 0.579. The SMILES string of the molecule is CCC(CC)(CNC(=O)C1(c2ccccc2)CCOCC1)C(=O)O. The topological polar surface area (TPSA) is 75.6 Å². The first-order valence-corrected chi connectivity index (χ1v) is 8.66. The van der Waals surface area contributed by atoms with Crippen molar-refractivity contribution in [2.45, 2.75) is 44.9 Å². The van der Waals surface area contributed by atoms with Crippen LogP contribution in [0.15, 0.2) is 30.3 Å². The maximum absolute atomic E-state index is 13.1. The molecule has 0 radical (unpaired) electrons. The molecular weight excluding hydrogens is 306 g/mol. The number of nitrogens with one attached hydrogen (secondary N) is 1. The quantitative estimate of drug-likeness (QED) is 0.804. The van der Waals surface area contributed by atoms with Crippen LogP contribution in [-0.4, -0.2) is 36.7 Å². The zero-order valence-corrected chi connectivity index (χ0v) is 14.5. The van der Waals surface area contributed by atoms with Gasteiger partial charge in [-0.05, 0) is 31.2 Å². The molecule has 0 aliphatic carbocycles. The number of carboxylic acid groups (broad SMARTS) is 1. The van der Waals surface area contributed by atoms with Crippen molar-refractivity contribution in [3.8, 4) is 0 Å². The average molecular weight is 333 g/mol. The van der Waals surface area contributed by atoms with Gasteiger partial charge in [0.15, 0.2) is 0 Å². The van der Waals surface area contributed by atoms with Crippen LogP contribution in [0.5, 0.6) is 0 Å². The minimum absolute atomic E-state index is 0.0930. The third-order valence-electron chi connectivity index (χ3n) is 5.50. The number of carbonyl (C=O) groups excluding carboxylic acids is 1. The third kappa shape index (κ3) is 3.46. The second-order valence-electron chi connectivity index (χ2n) is 6.54. The van der Waals surface area contributed by atoms with E-state index in [9.17, 15) is 14.7 Å². The largest absolute Gasteiger partial charge is 0.481 e. The van der Waals surface area contributed by atoms with Crippen LogP contribution in [-0.2, 0) is 19.7 Å². The number of amides is 1. The monoisotopic (exact) mass is 333 g/mol. The molecule has 0 aromatic heterocycles. The highest BCUT2D eigenvalue weighted by Gasteiger charge is 2.43. The molecule has 1 aliphatic heterocycles. The fourth-order valence-corrected chi connectivity index (χ4v) is 3.42. The van der Waals surface area contributed by atoms with Crippen molar-refractivity contribution in [1.82, 2.24) is 5.32 Å². The molecular formula is C19H27NO4. The van der Waals surface area contributed by atoms with Gasteiger partial charge in [-0.25, -0.2) is 0 Å². The van der Waals surface area contributed by atoms with Crippen LogP contribution < -0.4 is 5.32 Å². The maximum Gasteiger partial charge on any atom is 0.311 e. The Labute approximate surface area is 143 Å². The van der Waals surface area contributed by atoms with Gasteiger partial charge in [-0.3, -0.25) is 9.59 Å². The standard InChI is InChI=1S/C19H27NO4/c1-3-18(4-2,17(22)23)14-20-16(21)19(10-12-24-13-11-19)15-8-6-5-7-9-15/h5-9H,3-4,10-14H2,1-2H3,(H,20,21)(H,22,23). The Hall–Kier alpha value is -1.88. The Morgan fingerprint density at radius 1 is 1.17 bits per heavy atom. The molecule has 0 unspecified atom stereocenters. The molecule has 2 rings (SSSR count). The number of aliphatic carboxylic acids is 1. The van der Waals surface area contributed by atoms with Gasteiger partial charge in [0.1, 0.15) is 0 Å². The predicted octanol–water partition coefficient (Wildman–Crippen LogP) is 2.74. The Kier molecular flexibility index (Phi) is 5.99. The molecule has 1 aliphatic rings. The van der Waals surface area contributed by atoms with Crippen LogP contribution in [0.4, 0.5) is 0 Å². The van der Waals surface area contributed by atoms with Gasteiger partial charge in [0.05, 0.1) is 10.8 Å². The second kappa shape index (κ2) is 7.79. The van der Waals surface area contributed by atoms with Crippen molar-refractivity contribution in [3.63, 3.8) is 0 Å². The summed E-state index contributed by atoms with van der Waals surface area (Å²) >= 11 is 0. The number of benzene rings is 1. The number of hydrogen-bond acceptors (Lipinski definition) is 3. The lowest BCUT2D eigenvalue weighted by atomic mass is 9.73. The van der Waals surface area contributed by atoms with Gasteiger partial charge in [0, 0.05) is 19.8 Å². The minimum Gasteiger partial charge on any atom is -0.481 e. The molecule has 24 heavy (non-hydrogen) atoms. The van der Waals surface area contributed by atoms with E-state index in [0.717, 1.165) is 5.56 Å². The molecule has 0 spiro atoms. The highest BCUT2D eigenvalue weighted by molar-refractivity contribution is 5.89. The summed E-state index contributed by atoms with van der Waals surface area (Å²) in [6, 6.07) is 9.72. The van der Waals surface area contributed by atoms with Crippen LogP contribution in [0.3, 0.4) is 0 Å². The molecule has 0 saturated carbocycles. The molecule has 1 aromatic rings. The van der Waals surface area contributed by atoms with E-state index in [2.05, 4.69) is 5.32 Å². The van der Waals surface area contributed by atoms with Crippen LogP contribution in [0.25, 0.3) is 0 Å². The summed E-state index contributed by atoms with van der Waals surface area (Å²) in [6.07, 6.45) is 2.20. The molecule has 5 heteroatoms. The lowest BCUT2D eigenvalue weighted by Gasteiger charge is -2.37. The maximum atomic E-state index is 13.1. The highest BCUT2D eigenvalue weighted by atomic mass is 16.5. The Morgan fingerprint density at radius 2 is 1.75 bits per heavy atom. The highest BCUT2D eigenvalue weighted by Crippen LogP contribution is 2.35. The van der Waals surface area contributed by atoms with E-state index in [4.69, 9.17) is 4.74 Å². The molecule has 1 amide bonds. The lowest BCUT2D eigenvalue weighted by molar-refractivity contribution is -0.149. The van der Waals surface area contributed by atoms with Gasteiger partial charge in [-0.1, -0.05) is 44.2 Å². The van der Waals surface area contributed by atoms with Crippen LogP contribution >= 0.6 is 0 Å². The van der Waals surface area contributed by atoms with Crippen molar-refractivity contribution in [2.75, 3.05) is 19.8 Å². The first-order valence-electron chi connectivity index (χ1n) is 8.66. The lowest BCUT2D eigenvalue weighted by Crippen LogP contribution is -2.51. The first kappa shape index (κ1) is 18.5. The molecule has 0 atom stereocenters. The van der Waals surface area contributed by atoms with Gasteiger partial charge < -0.3 is 15.2 Å². The summed E-state index contributed by atoms with van der Waals surface area (Å²) in [7, 11) is 0. The number of carboxylic acids is 1. The van der Waals surface area contributed by atoms with E-state index in [1.807, 2.05) is 44.2 Å². The normalized spacial score (nSPS) is 17.2. The van der Waals surface area contributed by atoms with Gasteiger partial charge in [-0.15, -0.1) is 0 Å². The van der Waals surface area contributed by atoms with Gasteiger partial charge >= 0.3 is 5.97 Å². The Balaban J connectivity index is 2.22. The summed E-state index contributed by atoms with van der Waals surface area (Å²) in [5.74, 6) is -0.946.